The van der Waals surface area contributed by atoms with Gasteiger partial charge in [0.2, 0.25) is 5.95 Å². The largest absolute Gasteiger partial charge is 0.350 e. The summed E-state index contributed by atoms with van der Waals surface area (Å²) >= 11 is 6.40. The van der Waals surface area contributed by atoms with Crippen molar-refractivity contribution in [1.82, 2.24) is 24.3 Å². The molecular formula is C28H26ClFN6. The Kier molecular flexibility index (Phi) is 6.67. The van der Waals surface area contributed by atoms with Crippen molar-refractivity contribution in [3.05, 3.63) is 101 Å². The van der Waals surface area contributed by atoms with Crippen LogP contribution in [0.5, 0.6) is 0 Å². The third kappa shape index (κ3) is 4.94. The van der Waals surface area contributed by atoms with Crippen LogP contribution in [-0.4, -0.2) is 38.3 Å². The molecule has 0 amide bonds. The normalized spacial score (nSPS) is 11.4. The maximum atomic E-state index is 13.7. The molecule has 36 heavy (non-hydrogen) atoms. The molecule has 5 rings (SSSR count). The molecule has 3 heterocycles. The first-order valence-corrected chi connectivity index (χ1v) is 12.0. The molecule has 0 radical (unpaired) electrons. The Labute approximate surface area is 214 Å². The molecule has 0 fully saturated rings. The number of nitrogens with one attached hydrogen (secondary N) is 1. The van der Waals surface area contributed by atoms with Crippen LogP contribution in [0.15, 0.2) is 73.1 Å². The number of halogens is 2. The van der Waals surface area contributed by atoms with E-state index in [1.165, 1.54) is 12.1 Å². The molecule has 5 aromatic rings. The van der Waals surface area contributed by atoms with Crippen LogP contribution in [0.4, 0.5) is 10.3 Å². The Morgan fingerprint density at radius 1 is 1.03 bits per heavy atom. The van der Waals surface area contributed by atoms with Crippen LogP contribution in [0, 0.1) is 12.7 Å². The van der Waals surface area contributed by atoms with Crippen molar-refractivity contribution in [1.29, 1.82) is 0 Å². The number of imidazole rings is 1. The average Bonchev–Trinajstić information content (AvgIpc) is 3.23. The number of pyridine rings is 1. The monoisotopic (exact) mass is 500 g/mol. The quantitative estimate of drug-likeness (QED) is 0.287. The zero-order valence-electron chi connectivity index (χ0n) is 20.3. The minimum absolute atomic E-state index is 0.291. The third-order valence-electron chi connectivity index (χ3n) is 5.98. The molecule has 0 aliphatic carbocycles. The van der Waals surface area contributed by atoms with Gasteiger partial charge in [0.1, 0.15) is 11.5 Å². The van der Waals surface area contributed by atoms with Crippen LogP contribution in [0.3, 0.4) is 0 Å². The van der Waals surface area contributed by atoms with Crippen LogP contribution in [0.25, 0.3) is 28.3 Å². The summed E-state index contributed by atoms with van der Waals surface area (Å²) in [4.78, 5) is 16.3. The van der Waals surface area contributed by atoms with Gasteiger partial charge in [-0.1, -0.05) is 23.7 Å². The summed E-state index contributed by atoms with van der Waals surface area (Å²) in [5.41, 5.74) is 7.09. The highest BCUT2D eigenvalue weighted by molar-refractivity contribution is 6.31. The third-order valence-corrected chi connectivity index (χ3v) is 6.34. The van der Waals surface area contributed by atoms with E-state index < -0.39 is 0 Å². The molecule has 3 aromatic heterocycles. The number of fused-ring (bicyclic) bond motifs is 1. The van der Waals surface area contributed by atoms with Crippen molar-refractivity contribution in [2.24, 2.45) is 0 Å². The minimum atomic E-state index is -0.291. The number of hydrogen-bond donors (Lipinski definition) is 1. The molecule has 6 nitrogen and oxygen atoms in total. The molecule has 2 aromatic carbocycles. The second-order valence-electron chi connectivity index (χ2n) is 8.97. The Hall–Kier alpha value is -3.81. The van der Waals surface area contributed by atoms with Gasteiger partial charge in [-0.25, -0.2) is 19.3 Å². The highest BCUT2D eigenvalue weighted by Crippen LogP contribution is 2.32. The zero-order valence-corrected chi connectivity index (χ0v) is 21.1. The predicted octanol–water partition coefficient (Wildman–Crippen LogP) is 6.23. The first kappa shape index (κ1) is 23.9. The molecule has 182 valence electrons. The molecule has 1 N–H and O–H groups in total. The van der Waals surface area contributed by atoms with Crippen molar-refractivity contribution in [3.63, 3.8) is 0 Å². The summed E-state index contributed by atoms with van der Waals surface area (Å²) in [5.74, 6) is 0.191. The van der Waals surface area contributed by atoms with Gasteiger partial charge in [-0.15, -0.1) is 0 Å². The van der Waals surface area contributed by atoms with E-state index in [1.807, 2.05) is 55.9 Å². The summed E-state index contributed by atoms with van der Waals surface area (Å²) in [6.45, 7) is 3.33. The van der Waals surface area contributed by atoms with Crippen molar-refractivity contribution in [2.75, 3.05) is 19.4 Å². The molecule has 0 saturated carbocycles. The fourth-order valence-corrected chi connectivity index (χ4v) is 4.53. The van der Waals surface area contributed by atoms with Crippen molar-refractivity contribution >= 4 is 23.2 Å². The Balaban J connectivity index is 1.57. The number of aryl methyl sites for hydroxylation is 1. The highest BCUT2D eigenvalue weighted by Gasteiger charge is 2.18. The van der Waals surface area contributed by atoms with Gasteiger partial charge in [0.25, 0.3) is 0 Å². The van der Waals surface area contributed by atoms with Gasteiger partial charge in [0.05, 0.1) is 17.1 Å². The van der Waals surface area contributed by atoms with Crippen molar-refractivity contribution in [3.8, 4) is 22.6 Å². The van der Waals surface area contributed by atoms with Crippen LogP contribution < -0.4 is 5.32 Å². The SMILES string of the molecule is Cc1cccc(Cl)c1CNc1nccc(-c2c(-c3ccc(F)cc3)nc3cc(CN(C)C)ccn23)n1. The summed E-state index contributed by atoms with van der Waals surface area (Å²) in [5, 5.41) is 4.00. The van der Waals surface area contributed by atoms with E-state index in [9.17, 15) is 4.39 Å². The van der Waals surface area contributed by atoms with Gasteiger partial charge in [-0.05, 0) is 86.2 Å². The summed E-state index contributed by atoms with van der Waals surface area (Å²) in [6, 6.07) is 18.2. The van der Waals surface area contributed by atoms with Gasteiger partial charge in [0.15, 0.2) is 0 Å². The van der Waals surface area contributed by atoms with Gasteiger partial charge in [0, 0.05) is 36.1 Å². The Morgan fingerprint density at radius 2 is 1.83 bits per heavy atom. The van der Waals surface area contributed by atoms with Gasteiger partial charge in [-0.3, -0.25) is 4.40 Å². The first-order chi connectivity index (χ1) is 17.4. The average molecular weight is 501 g/mol. The summed E-state index contributed by atoms with van der Waals surface area (Å²) < 4.78 is 15.7. The minimum Gasteiger partial charge on any atom is -0.350 e. The molecule has 0 unspecified atom stereocenters. The van der Waals surface area contributed by atoms with E-state index in [0.717, 1.165) is 45.8 Å². The topological polar surface area (TPSA) is 58.4 Å². The van der Waals surface area contributed by atoms with E-state index in [4.69, 9.17) is 21.6 Å². The van der Waals surface area contributed by atoms with E-state index in [2.05, 4.69) is 27.3 Å². The molecule has 8 heteroatoms. The fraction of sp³-hybridized carbons (Fsp3) is 0.179. The number of anilines is 1. The highest BCUT2D eigenvalue weighted by atomic mass is 35.5. The first-order valence-electron chi connectivity index (χ1n) is 11.6. The number of nitrogens with zero attached hydrogens (tertiary/aromatic N) is 5. The van der Waals surface area contributed by atoms with E-state index in [0.29, 0.717) is 23.2 Å². The zero-order chi connectivity index (χ0) is 25.2. The lowest BCUT2D eigenvalue weighted by Crippen LogP contribution is -2.10. The molecular weight excluding hydrogens is 475 g/mol. The van der Waals surface area contributed by atoms with E-state index >= 15 is 0 Å². The molecule has 0 saturated heterocycles. The molecule has 0 atom stereocenters. The Bertz CT molecular complexity index is 1510. The molecule has 0 aliphatic rings. The number of aromatic nitrogens is 4. The van der Waals surface area contributed by atoms with Crippen LogP contribution in [0.2, 0.25) is 5.02 Å². The smallest absolute Gasteiger partial charge is 0.223 e. The fourth-order valence-electron chi connectivity index (χ4n) is 4.24. The standard InChI is InChI=1S/C28H26ClFN6/c1-18-5-4-6-23(29)22(18)16-32-28-31-13-11-24(33-28)27-26(20-7-9-21(30)10-8-20)34-25-15-19(17-35(2)3)12-14-36(25)27/h4-15H,16-17H2,1-3H3,(H,31,32,33). The molecule has 0 aliphatic heterocycles. The van der Waals surface area contributed by atoms with Crippen LogP contribution >= 0.6 is 11.6 Å². The van der Waals surface area contributed by atoms with Crippen molar-refractivity contribution < 1.29 is 4.39 Å². The number of hydrogen-bond acceptors (Lipinski definition) is 5. The summed E-state index contributed by atoms with van der Waals surface area (Å²) in [6.07, 6.45) is 3.73. The van der Waals surface area contributed by atoms with Gasteiger partial charge < -0.3 is 10.2 Å². The molecule has 0 bridgehead atoms. The molecule has 0 spiro atoms. The van der Waals surface area contributed by atoms with E-state index in [-0.39, 0.29) is 5.82 Å². The maximum Gasteiger partial charge on any atom is 0.223 e. The lowest BCUT2D eigenvalue weighted by molar-refractivity contribution is 0.402. The maximum absolute atomic E-state index is 13.7. The Morgan fingerprint density at radius 3 is 2.58 bits per heavy atom. The van der Waals surface area contributed by atoms with Crippen LogP contribution in [0.1, 0.15) is 16.7 Å². The lowest BCUT2D eigenvalue weighted by Gasteiger charge is -2.12. The lowest BCUT2D eigenvalue weighted by atomic mass is 10.1. The second-order valence-corrected chi connectivity index (χ2v) is 9.38. The number of rotatable bonds is 7. The number of benzene rings is 2. The van der Waals surface area contributed by atoms with E-state index in [1.54, 1.807) is 18.3 Å². The predicted molar refractivity (Wildman–Crippen MR) is 143 cm³/mol. The van der Waals surface area contributed by atoms with Gasteiger partial charge >= 0.3 is 0 Å². The second kappa shape index (κ2) is 10.0. The van der Waals surface area contributed by atoms with Crippen molar-refractivity contribution in [2.45, 2.75) is 20.0 Å². The van der Waals surface area contributed by atoms with Crippen LogP contribution in [-0.2, 0) is 13.1 Å². The van der Waals surface area contributed by atoms with Gasteiger partial charge in [-0.2, -0.15) is 0 Å². The summed E-state index contributed by atoms with van der Waals surface area (Å²) in [7, 11) is 4.06.